The normalized spacial score (nSPS) is 10.3. The zero-order valence-corrected chi connectivity index (χ0v) is 11.7. The smallest absolute Gasteiger partial charge is 0.352 e. The lowest BCUT2D eigenvalue weighted by molar-refractivity contribution is -0.386. The number of nitrogens with zero attached hydrogens (tertiary/aromatic N) is 3. The fourth-order valence-electron chi connectivity index (χ4n) is 1.65. The van der Waals surface area contributed by atoms with Gasteiger partial charge in [0.15, 0.2) is 0 Å². The van der Waals surface area contributed by atoms with Crippen LogP contribution in [-0.2, 0) is 0 Å². The first-order valence-electron chi connectivity index (χ1n) is 5.62. The van der Waals surface area contributed by atoms with Gasteiger partial charge in [-0.1, -0.05) is 12.1 Å². The SMILES string of the molecule is CSc1ccccc1Oc1nc(N)nc(C)c1[N+](=O)[O-]. The molecule has 0 saturated carbocycles. The zero-order chi connectivity index (χ0) is 14.7. The summed E-state index contributed by atoms with van der Waals surface area (Å²) >= 11 is 1.47. The molecule has 0 spiro atoms. The quantitative estimate of drug-likeness (QED) is 0.524. The fourth-order valence-corrected chi connectivity index (χ4v) is 2.18. The molecule has 0 unspecified atom stereocenters. The molecule has 0 radical (unpaired) electrons. The number of hydrogen-bond acceptors (Lipinski definition) is 7. The molecule has 7 nitrogen and oxygen atoms in total. The first kappa shape index (κ1) is 14.1. The molecule has 1 aromatic carbocycles. The molecule has 104 valence electrons. The number of nitrogen functional groups attached to an aromatic ring is 1. The predicted molar refractivity (Wildman–Crippen MR) is 76.1 cm³/mol. The Morgan fingerprint density at radius 1 is 1.35 bits per heavy atom. The van der Waals surface area contributed by atoms with Crippen molar-refractivity contribution in [1.29, 1.82) is 0 Å². The summed E-state index contributed by atoms with van der Waals surface area (Å²) < 4.78 is 5.56. The van der Waals surface area contributed by atoms with Crippen LogP contribution in [0.3, 0.4) is 0 Å². The summed E-state index contributed by atoms with van der Waals surface area (Å²) in [4.78, 5) is 19.0. The van der Waals surface area contributed by atoms with Crippen LogP contribution in [0.1, 0.15) is 5.69 Å². The van der Waals surface area contributed by atoms with Crippen molar-refractivity contribution in [3.63, 3.8) is 0 Å². The number of ether oxygens (including phenoxy) is 1. The number of benzene rings is 1. The van der Waals surface area contributed by atoms with Crippen LogP contribution in [-0.4, -0.2) is 21.1 Å². The van der Waals surface area contributed by atoms with Crippen molar-refractivity contribution in [3.05, 3.63) is 40.1 Å². The van der Waals surface area contributed by atoms with E-state index >= 15 is 0 Å². The van der Waals surface area contributed by atoms with Gasteiger partial charge in [0.05, 0.1) is 4.92 Å². The van der Waals surface area contributed by atoms with Crippen LogP contribution >= 0.6 is 11.8 Å². The predicted octanol–water partition coefficient (Wildman–Crippen LogP) is 2.79. The van der Waals surface area contributed by atoms with Crippen LogP contribution in [0.4, 0.5) is 11.6 Å². The molecule has 1 heterocycles. The second-order valence-electron chi connectivity index (χ2n) is 3.83. The van der Waals surface area contributed by atoms with Gasteiger partial charge >= 0.3 is 11.6 Å². The zero-order valence-electron chi connectivity index (χ0n) is 10.9. The van der Waals surface area contributed by atoms with Crippen molar-refractivity contribution in [2.45, 2.75) is 11.8 Å². The van der Waals surface area contributed by atoms with Gasteiger partial charge in [-0.05, 0) is 25.3 Å². The van der Waals surface area contributed by atoms with Gasteiger partial charge in [-0.2, -0.15) is 4.98 Å². The molecule has 0 aliphatic rings. The van der Waals surface area contributed by atoms with Gasteiger partial charge in [0.1, 0.15) is 11.4 Å². The number of nitrogens with two attached hydrogens (primary N) is 1. The van der Waals surface area contributed by atoms with E-state index in [1.165, 1.54) is 18.7 Å². The van der Waals surface area contributed by atoms with Crippen LogP contribution in [0.5, 0.6) is 11.6 Å². The van der Waals surface area contributed by atoms with Crippen molar-refractivity contribution in [3.8, 4) is 11.6 Å². The van der Waals surface area contributed by atoms with Crippen molar-refractivity contribution >= 4 is 23.4 Å². The van der Waals surface area contributed by atoms with E-state index in [0.29, 0.717) is 5.75 Å². The average molecular weight is 292 g/mol. The maximum atomic E-state index is 11.1. The Morgan fingerprint density at radius 3 is 2.70 bits per heavy atom. The van der Waals surface area contributed by atoms with Crippen LogP contribution in [0.25, 0.3) is 0 Å². The molecule has 8 heteroatoms. The third kappa shape index (κ3) is 2.80. The lowest BCUT2D eigenvalue weighted by atomic mass is 10.3. The number of anilines is 1. The van der Waals surface area contributed by atoms with Crippen LogP contribution < -0.4 is 10.5 Å². The van der Waals surface area contributed by atoms with Gasteiger partial charge in [0.2, 0.25) is 5.95 Å². The van der Waals surface area contributed by atoms with Crippen molar-refractivity contribution in [2.75, 3.05) is 12.0 Å². The molecular weight excluding hydrogens is 280 g/mol. The van der Waals surface area contributed by atoms with Crippen molar-refractivity contribution in [1.82, 2.24) is 9.97 Å². The largest absolute Gasteiger partial charge is 0.432 e. The molecule has 0 aliphatic carbocycles. The molecule has 0 saturated heterocycles. The number of thioether (sulfide) groups is 1. The second-order valence-corrected chi connectivity index (χ2v) is 4.68. The van der Waals surface area contributed by atoms with Gasteiger partial charge in [0.25, 0.3) is 0 Å². The van der Waals surface area contributed by atoms with E-state index in [9.17, 15) is 10.1 Å². The summed E-state index contributed by atoms with van der Waals surface area (Å²) in [5.41, 5.74) is 5.41. The van der Waals surface area contributed by atoms with E-state index in [4.69, 9.17) is 10.5 Å². The van der Waals surface area contributed by atoms with Gasteiger partial charge in [-0.3, -0.25) is 10.1 Å². The van der Waals surface area contributed by atoms with Crippen LogP contribution in [0, 0.1) is 17.0 Å². The van der Waals surface area contributed by atoms with E-state index in [-0.39, 0.29) is 23.2 Å². The summed E-state index contributed by atoms with van der Waals surface area (Å²) in [5.74, 6) is 0.270. The first-order chi connectivity index (χ1) is 9.52. The minimum Gasteiger partial charge on any atom is -0.432 e. The van der Waals surface area contributed by atoms with Crippen LogP contribution in [0.15, 0.2) is 29.2 Å². The number of para-hydroxylation sites is 1. The highest BCUT2D eigenvalue weighted by Gasteiger charge is 2.24. The summed E-state index contributed by atoms with van der Waals surface area (Å²) in [6.07, 6.45) is 1.89. The molecule has 0 atom stereocenters. The third-order valence-electron chi connectivity index (χ3n) is 2.50. The number of nitro groups is 1. The highest BCUT2D eigenvalue weighted by molar-refractivity contribution is 7.98. The maximum absolute atomic E-state index is 11.1. The molecule has 20 heavy (non-hydrogen) atoms. The molecule has 2 rings (SSSR count). The van der Waals surface area contributed by atoms with E-state index < -0.39 is 4.92 Å². The Morgan fingerprint density at radius 2 is 2.05 bits per heavy atom. The highest BCUT2D eigenvalue weighted by atomic mass is 32.2. The molecule has 2 N–H and O–H groups in total. The molecule has 2 aromatic rings. The topological polar surface area (TPSA) is 104 Å². The van der Waals surface area contributed by atoms with Gasteiger partial charge in [-0.25, -0.2) is 4.98 Å². The average Bonchev–Trinajstić information content (AvgIpc) is 2.38. The van der Waals surface area contributed by atoms with Gasteiger partial charge in [-0.15, -0.1) is 11.8 Å². The van der Waals surface area contributed by atoms with E-state index in [0.717, 1.165) is 4.90 Å². The van der Waals surface area contributed by atoms with Crippen molar-refractivity contribution < 1.29 is 9.66 Å². The number of aryl methyl sites for hydroxylation is 1. The van der Waals surface area contributed by atoms with Crippen LogP contribution in [0.2, 0.25) is 0 Å². The Bertz CT molecular complexity index is 663. The van der Waals surface area contributed by atoms with Gasteiger partial charge < -0.3 is 10.5 Å². The van der Waals surface area contributed by atoms with E-state index in [1.54, 1.807) is 12.1 Å². The Balaban J connectivity index is 2.50. The molecule has 1 aromatic heterocycles. The number of rotatable bonds is 4. The minimum absolute atomic E-state index is 0.0651. The lowest BCUT2D eigenvalue weighted by Crippen LogP contribution is -2.05. The number of hydrogen-bond donors (Lipinski definition) is 1. The summed E-state index contributed by atoms with van der Waals surface area (Å²) in [6, 6.07) is 7.19. The number of aromatic nitrogens is 2. The molecule has 0 fully saturated rings. The fraction of sp³-hybridized carbons (Fsp3) is 0.167. The molecule has 0 amide bonds. The molecule has 0 aliphatic heterocycles. The van der Waals surface area contributed by atoms with E-state index in [1.807, 2.05) is 18.4 Å². The lowest BCUT2D eigenvalue weighted by Gasteiger charge is -2.09. The van der Waals surface area contributed by atoms with E-state index in [2.05, 4.69) is 9.97 Å². The van der Waals surface area contributed by atoms with Crippen molar-refractivity contribution in [2.24, 2.45) is 0 Å². The summed E-state index contributed by atoms with van der Waals surface area (Å²) in [6.45, 7) is 1.49. The van der Waals surface area contributed by atoms with Gasteiger partial charge in [0, 0.05) is 4.90 Å². The highest BCUT2D eigenvalue weighted by Crippen LogP contribution is 2.35. The Hall–Kier alpha value is -2.35. The minimum atomic E-state index is -0.578. The first-order valence-corrected chi connectivity index (χ1v) is 6.84. The Labute approximate surface area is 119 Å². The molecule has 0 bridgehead atoms. The summed E-state index contributed by atoms with van der Waals surface area (Å²) in [5, 5.41) is 11.1. The standard InChI is InChI=1S/C12H12N4O3S/c1-7-10(16(17)18)11(15-12(13)14-7)19-8-5-3-4-6-9(8)20-2/h3-6H,1-2H3,(H2,13,14,15). The maximum Gasteiger partial charge on any atom is 0.352 e. The third-order valence-corrected chi connectivity index (χ3v) is 3.28. The summed E-state index contributed by atoms with van der Waals surface area (Å²) in [7, 11) is 0. The Kier molecular flexibility index (Phi) is 4.04. The monoisotopic (exact) mass is 292 g/mol. The second kappa shape index (κ2) is 5.74. The molecular formula is C12H12N4O3S.